The maximum Gasteiger partial charge on any atom is 0.238 e. The Balaban J connectivity index is 1.55. The predicted molar refractivity (Wildman–Crippen MR) is 113 cm³/mol. The molecule has 0 atom stereocenters. The van der Waals surface area contributed by atoms with Gasteiger partial charge in [-0.15, -0.1) is 0 Å². The molecule has 1 saturated heterocycles. The van der Waals surface area contributed by atoms with Crippen LogP contribution in [0.3, 0.4) is 0 Å². The first-order chi connectivity index (χ1) is 13.9. The number of nitrogens with one attached hydrogen (secondary N) is 2. The van der Waals surface area contributed by atoms with E-state index in [2.05, 4.69) is 20.4 Å². The molecule has 8 nitrogen and oxygen atoms in total. The van der Waals surface area contributed by atoms with Crippen LogP contribution in [0.1, 0.15) is 6.92 Å². The van der Waals surface area contributed by atoms with Gasteiger partial charge in [0.05, 0.1) is 19.3 Å². The highest BCUT2D eigenvalue weighted by molar-refractivity contribution is 5.95. The molecule has 3 N–H and O–H groups in total. The number of aromatic hydroxyl groups is 1. The Labute approximate surface area is 170 Å². The summed E-state index contributed by atoms with van der Waals surface area (Å²) in [4.78, 5) is 28.1. The van der Waals surface area contributed by atoms with Gasteiger partial charge in [0.2, 0.25) is 11.8 Å². The number of ether oxygens (including phenoxy) is 1. The lowest BCUT2D eigenvalue weighted by Gasteiger charge is -2.35. The maximum atomic E-state index is 12.5. The monoisotopic (exact) mass is 398 g/mol. The van der Waals surface area contributed by atoms with Gasteiger partial charge >= 0.3 is 0 Å². The molecule has 2 amide bonds. The summed E-state index contributed by atoms with van der Waals surface area (Å²) in [5.41, 5.74) is 2.18. The lowest BCUT2D eigenvalue weighted by atomic mass is 10.2. The number of piperazine rings is 1. The minimum Gasteiger partial charge on any atom is -0.508 e. The zero-order valence-electron chi connectivity index (χ0n) is 16.6. The Morgan fingerprint density at radius 2 is 1.72 bits per heavy atom. The van der Waals surface area contributed by atoms with Gasteiger partial charge in [0, 0.05) is 44.5 Å². The molecule has 0 saturated carbocycles. The first kappa shape index (κ1) is 20.5. The Kier molecular flexibility index (Phi) is 6.56. The molecule has 0 unspecified atom stereocenters. The van der Waals surface area contributed by atoms with Crippen LogP contribution in [0.15, 0.2) is 42.5 Å². The summed E-state index contributed by atoms with van der Waals surface area (Å²) in [6, 6.07) is 12.3. The van der Waals surface area contributed by atoms with Gasteiger partial charge in [-0.3, -0.25) is 14.5 Å². The van der Waals surface area contributed by atoms with Gasteiger partial charge < -0.3 is 25.4 Å². The number of carbonyl (C=O) groups is 2. The molecular weight excluding hydrogens is 372 g/mol. The Bertz CT molecular complexity index is 861. The highest BCUT2D eigenvalue weighted by Gasteiger charge is 2.20. The summed E-state index contributed by atoms with van der Waals surface area (Å²) in [6.45, 7) is 4.84. The average molecular weight is 398 g/mol. The highest BCUT2D eigenvalue weighted by atomic mass is 16.5. The number of hydrogen-bond acceptors (Lipinski definition) is 6. The number of anilines is 3. The Morgan fingerprint density at radius 3 is 2.34 bits per heavy atom. The highest BCUT2D eigenvalue weighted by Crippen LogP contribution is 2.28. The van der Waals surface area contributed by atoms with E-state index in [9.17, 15) is 14.7 Å². The molecule has 1 aliphatic rings. The molecule has 0 aromatic heterocycles. The molecule has 8 heteroatoms. The van der Waals surface area contributed by atoms with Crippen molar-refractivity contribution in [3.05, 3.63) is 42.5 Å². The van der Waals surface area contributed by atoms with Crippen LogP contribution in [0, 0.1) is 0 Å². The second kappa shape index (κ2) is 9.29. The summed E-state index contributed by atoms with van der Waals surface area (Å²) < 4.78 is 5.30. The first-order valence-electron chi connectivity index (χ1n) is 9.46. The van der Waals surface area contributed by atoms with Gasteiger partial charge in [0.1, 0.15) is 11.5 Å². The molecule has 2 aromatic carbocycles. The lowest BCUT2D eigenvalue weighted by molar-refractivity contribution is -0.117. The van der Waals surface area contributed by atoms with Crippen LogP contribution < -0.4 is 20.3 Å². The van der Waals surface area contributed by atoms with Crippen LogP contribution in [0.25, 0.3) is 0 Å². The van der Waals surface area contributed by atoms with Crippen molar-refractivity contribution < 1.29 is 19.4 Å². The number of phenols is 1. The van der Waals surface area contributed by atoms with E-state index < -0.39 is 0 Å². The fourth-order valence-electron chi connectivity index (χ4n) is 3.31. The molecule has 0 spiro atoms. The summed E-state index contributed by atoms with van der Waals surface area (Å²) >= 11 is 0. The third kappa shape index (κ3) is 5.61. The Morgan fingerprint density at radius 1 is 1.03 bits per heavy atom. The summed E-state index contributed by atoms with van der Waals surface area (Å²) in [5.74, 6) is 0.465. The van der Waals surface area contributed by atoms with Crippen molar-refractivity contribution in [2.45, 2.75) is 6.92 Å². The SMILES string of the molecule is COc1ccc(NC(C)=O)cc1NC(=O)CN1CCN(c2ccc(O)cc2)CC1. The van der Waals surface area contributed by atoms with Crippen LogP contribution in [0.2, 0.25) is 0 Å². The molecule has 1 fully saturated rings. The van der Waals surface area contributed by atoms with Crippen molar-refractivity contribution in [2.75, 3.05) is 55.4 Å². The van der Waals surface area contributed by atoms with E-state index in [-0.39, 0.29) is 24.1 Å². The summed E-state index contributed by atoms with van der Waals surface area (Å²) in [5, 5.41) is 15.0. The quantitative estimate of drug-likeness (QED) is 0.690. The van der Waals surface area contributed by atoms with Crippen molar-refractivity contribution >= 4 is 28.9 Å². The van der Waals surface area contributed by atoms with E-state index in [1.165, 1.54) is 14.0 Å². The van der Waals surface area contributed by atoms with Crippen molar-refractivity contribution in [1.82, 2.24) is 4.90 Å². The van der Waals surface area contributed by atoms with Gasteiger partial charge in [0.25, 0.3) is 0 Å². The van der Waals surface area contributed by atoms with E-state index in [1.807, 2.05) is 12.1 Å². The third-order valence-corrected chi connectivity index (χ3v) is 4.75. The second-order valence-corrected chi connectivity index (χ2v) is 6.92. The van der Waals surface area contributed by atoms with Gasteiger partial charge in [0.15, 0.2) is 0 Å². The number of rotatable bonds is 6. The lowest BCUT2D eigenvalue weighted by Crippen LogP contribution is -2.48. The van der Waals surface area contributed by atoms with Gasteiger partial charge in [-0.25, -0.2) is 0 Å². The van der Waals surface area contributed by atoms with Crippen LogP contribution in [-0.2, 0) is 9.59 Å². The van der Waals surface area contributed by atoms with Crippen molar-refractivity contribution in [2.24, 2.45) is 0 Å². The summed E-state index contributed by atoms with van der Waals surface area (Å²) in [7, 11) is 1.53. The van der Waals surface area contributed by atoms with Crippen LogP contribution in [0.4, 0.5) is 17.1 Å². The Hall–Kier alpha value is -3.26. The number of carbonyl (C=O) groups excluding carboxylic acids is 2. The molecule has 3 rings (SSSR count). The largest absolute Gasteiger partial charge is 0.508 e. The molecule has 0 bridgehead atoms. The topological polar surface area (TPSA) is 94.1 Å². The molecular formula is C21H26N4O4. The zero-order chi connectivity index (χ0) is 20.8. The van der Waals surface area contributed by atoms with Crippen molar-refractivity contribution in [3.8, 4) is 11.5 Å². The predicted octanol–water partition coefficient (Wildman–Crippen LogP) is 2.12. The van der Waals surface area contributed by atoms with Gasteiger partial charge in [-0.1, -0.05) is 0 Å². The third-order valence-electron chi connectivity index (χ3n) is 4.75. The standard InChI is InChI=1S/C21H26N4O4/c1-15(26)22-16-3-8-20(29-2)19(13-16)23-21(28)14-24-9-11-25(12-10-24)17-4-6-18(27)7-5-17/h3-8,13,27H,9-12,14H2,1-2H3,(H,22,26)(H,23,28). The molecule has 29 heavy (non-hydrogen) atoms. The maximum absolute atomic E-state index is 12.5. The molecule has 0 radical (unpaired) electrons. The number of hydrogen-bond donors (Lipinski definition) is 3. The minimum absolute atomic E-state index is 0.138. The van der Waals surface area contributed by atoms with Gasteiger partial charge in [-0.05, 0) is 42.5 Å². The van der Waals surface area contributed by atoms with Gasteiger partial charge in [-0.2, -0.15) is 0 Å². The first-order valence-corrected chi connectivity index (χ1v) is 9.46. The van der Waals surface area contributed by atoms with E-state index >= 15 is 0 Å². The molecule has 1 aliphatic heterocycles. The average Bonchev–Trinajstić information content (AvgIpc) is 2.69. The fraction of sp³-hybridized carbons (Fsp3) is 0.333. The normalized spacial score (nSPS) is 14.3. The zero-order valence-corrected chi connectivity index (χ0v) is 16.6. The van der Waals surface area contributed by atoms with Crippen LogP contribution >= 0.6 is 0 Å². The fourth-order valence-corrected chi connectivity index (χ4v) is 3.31. The number of benzene rings is 2. The number of nitrogens with zero attached hydrogens (tertiary/aromatic N) is 2. The number of phenolic OH excluding ortho intramolecular Hbond substituents is 1. The molecule has 0 aliphatic carbocycles. The van der Waals surface area contributed by atoms with Crippen molar-refractivity contribution in [3.63, 3.8) is 0 Å². The van der Waals surface area contributed by atoms with E-state index in [0.29, 0.717) is 17.1 Å². The minimum atomic E-state index is -0.182. The number of methoxy groups -OCH3 is 1. The smallest absolute Gasteiger partial charge is 0.238 e. The second-order valence-electron chi connectivity index (χ2n) is 6.92. The summed E-state index contributed by atoms with van der Waals surface area (Å²) in [6.07, 6.45) is 0. The van der Waals surface area contributed by atoms with E-state index in [0.717, 1.165) is 31.9 Å². The molecule has 2 aromatic rings. The van der Waals surface area contributed by atoms with Crippen LogP contribution in [-0.4, -0.2) is 61.7 Å². The molecule has 154 valence electrons. The van der Waals surface area contributed by atoms with E-state index in [4.69, 9.17) is 4.74 Å². The number of amides is 2. The van der Waals surface area contributed by atoms with E-state index in [1.54, 1.807) is 30.3 Å². The molecule has 1 heterocycles. The van der Waals surface area contributed by atoms with Crippen LogP contribution in [0.5, 0.6) is 11.5 Å². The van der Waals surface area contributed by atoms with Crippen molar-refractivity contribution in [1.29, 1.82) is 0 Å².